The van der Waals surface area contributed by atoms with Gasteiger partial charge in [-0.2, -0.15) is 22.0 Å². The quantitative estimate of drug-likeness (QED) is 0.749. The lowest BCUT2D eigenvalue weighted by Crippen LogP contribution is -2.51. The second-order valence-electron chi connectivity index (χ2n) is 2.61. The van der Waals surface area contributed by atoms with Gasteiger partial charge in [0, 0.05) is 29.4 Å². The summed E-state index contributed by atoms with van der Waals surface area (Å²) in [5, 5.41) is 1.36. The first-order valence-electron chi connectivity index (χ1n) is 3.62. The molecule has 0 aliphatic heterocycles. The number of halogens is 5. The number of alkyl halides is 5. The van der Waals surface area contributed by atoms with Gasteiger partial charge in [-0.3, -0.25) is 9.00 Å². The van der Waals surface area contributed by atoms with Crippen molar-refractivity contribution < 1.29 is 31.0 Å². The SMILES string of the molecule is CS(=O)CCNC(=O)C(F)(F)C(F)(F)F. The molecular formula is C6H8F5NO2S. The molecule has 1 amide bonds. The lowest BCUT2D eigenvalue weighted by atomic mass is 10.3. The van der Waals surface area contributed by atoms with Crippen LogP contribution in [-0.4, -0.2) is 40.8 Å². The fourth-order valence-corrected chi connectivity index (χ4v) is 0.938. The van der Waals surface area contributed by atoms with Gasteiger partial charge < -0.3 is 5.32 Å². The summed E-state index contributed by atoms with van der Waals surface area (Å²) in [5.74, 6) is -8.03. The molecule has 0 heterocycles. The second kappa shape index (κ2) is 4.86. The van der Waals surface area contributed by atoms with Crippen molar-refractivity contribution >= 4 is 16.7 Å². The van der Waals surface area contributed by atoms with Crippen LogP contribution in [0.15, 0.2) is 0 Å². The standard InChI is InChI=1S/C6H8F5NO2S/c1-15(14)3-2-12-4(13)5(7,8)6(9,10)11/h2-3H2,1H3,(H,12,13). The van der Waals surface area contributed by atoms with Crippen molar-refractivity contribution in [3.05, 3.63) is 0 Å². The number of hydrogen-bond donors (Lipinski definition) is 1. The molecule has 9 heteroatoms. The molecule has 1 unspecified atom stereocenters. The van der Waals surface area contributed by atoms with E-state index in [1.165, 1.54) is 11.6 Å². The number of rotatable bonds is 4. The Balaban J connectivity index is 4.27. The summed E-state index contributed by atoms with van der Waals surface area (Å²) in [6, 6.07) is 0. The molecule has 0 saturated carbocycles. The molecule has 1 N–H and O–H groups in total. The van der Waals surface area contributed by atoms with E-state index in [4.69, 9.17) is 0 Å². The average Bonchev–Trinajstić information content (AvgIpc) is 2.01. The lowest BCUT2D eigenvalue weighted by molar-refractivity contribution is -0.269. The van der Waals surface area contributed by atoms with Gasteiger partial charge in [-0.1, -0.05) is 0 Å². The number of carbonyl (C=O) groups excluding carboxylic acids is 1. The summed E-state index contributed by atoms with van der Waals surface area (Å²) < 4.78 is 69.7. The molecule has 0 aromatic heterocycles. The minimum absolute atomic E-state index is 0.181. The number of hydrogen-bond acceptors (Lipinski definition) is 2. The molecule has 1 atom stereocenters. The Morgan fingerprint density at radius 3 is 2.07 bits per heavy atom. The highest BCUT2D eigenvalue weighted by Crippen LogP contribution is 2.35. The zero-order valence-electron chi connectivity index (χ0n) is 7.53. The first-order valence-corrected chi connectivity index (χ1v) is 5.34. The highest BCUT2D eigenvalue weighted by atomic mass is 32.2. The van der Waals surface area contributed by atoms with Gasteiger partial charge in [0.2, 0.25) is 0 Å². The van der Waals surface area contributed by atoms with Crippen molar-refractivity contribution in [2.24, 2.45) is 0 Å². The molecule has 0 saturated heterocycles. The van der Waals surface area contributed by atoms with Crippen LogP contribution in [-0.2, 0) is 15.6 Å². The van der Waals surface area contributed by atoms with Gasteiger partial charge in [0.25, 0.3) is 5.91 Å². The van der Waals surface area contributed by atoms with E-state index in [9.17, 15) is 31.0 Å². The normalized spacial score (nSPS) is 14.8. The third kappa shape index (κ3) is 4.10. The van der Waals surface area contributed by atoms with Crippen LogP contribution in [0.25, 0.3) is 0 Å². The van der Waals surface area contributed by atoms with Gasteiger partial charge in [0.1, 0.15) is 0 Å². The van der Waals surface area contributed by atoms with Crippen LogP contribution in [0, 0.1) is 0 Å². The third-order valence-electron chi connectivity index (χ3n) is 1.32. The molecule has 0 rings (SSSR count). The van der Waals surface area contributed by atoms with Crippen LogP contribution in [0.3, 0.4) is 0 Å². The summed E-state index contributed by atoms with van der Waals surface area (Å²) in [5.41, 5.74) is 0. The summed E-state index contributed by atoms with van der Waals surface area (Å²) in [6.07, 6.45) is -4.68. The Morgan fingerprint density at radius 1 is 1.27 bits per heavy atom. The topological polar surface area (TPSA) is 46.2 Å². The van der Waals surface area contributed by atoms with Crippen molar-refractivity contribution in [2.45, 2.75) is 12.1 Å². The molecular weight excluding hydrogens is 245 g/mol. The van der Waals surface area contributed by atoms with E-state index in [1.807, 2.05) is 0 Å². The van der Waals surface area contributed by atoms with Gasteiger partial charge >= 0.3 is 12.1 Å². The van der Waals surface area contributed by atoms with Crippen molar-refractivity contribution in [1.29, 1.82) is 0 Å². The predicted octanol–water partition coefficient (Wildman–Crippen LogP) is 0.679. The Labute approximate surface area is 84.5 Å². The van der Waals surface area contributed by atoms with E-state index < -0.39 is 35.4 Å². The van der Waals surface area contributed by atoms with Gasteiger partial charge in [-0.15, -0.1) is 0 Å². The van der Waals surface area contributed by atoms with Crippen LogP contribution < -0.4 is 5.32 Å². The van der Waals surface area contributed by atoms with Crippen LogP contribution in [0.5, 0.6) is 0 Å². The fraction of sp³-hybridized carbons (Fsp3) is 0.833. The Bertz CT molecular complexity index is 265. The highest BCUT2D eigenvalue weighted by molar-refractivity contribution is 7.84. The van der Waals surface area contributed by atoms with Crippen LogP contribution in [0.2, 0.25) is 0 Å². The fourth-order valence-electron chi connectivity index (χ4n) is 0.548. The molecule has 0 fully saturated rings. The smallest absolute Gasteiger partial charge is 0.350 e. The largest absolute Gasteiger partial charge is 0.463 e. The number of nitrogens with one attached hydrogen (secondary N) is 1. The molecule has 3 nitrogen and oxygen atoms in total. The first kappa shape index (κ1) is 14.3. The minimum atomic E-state index is -5.91. The number of carbonyl (C=O) groups is 1. The predicted molar refractivity (Wildman–Crippen MR) is 42.9 cm³/mol. The third-order valence-corrected chi connectivity index (χ3v) is 2.10. The maximum Gasteiger partial charge on any atom is 0.463 e. The van der Waals surface area contributed by atoms with Crippen molar-refractivity contribution in [3.63, 3.8) is 0 Å². The van der Waals surface area contributed by atoms with Crippen molar-refractivity contribution in [3.8, 4) is 0 Å². The Kier molecular flexibility index (Phi) is 4.63. The lowest BCUT2D eigenvalue weighted by Gasteiger charge is -2.18. The minimum Gasteiger partial charge on any atom is -0.350 e. The Hall–Kier alpha value is -0.730. The van der Waals surface area contributed by atoms with E-state index in [2.05, 4.69) is 0 Å². The van der Waals surface area contributed by atoms with E-state index in [0.717, 1.165) is 0 Å². The van der Waals surface area contributed by atoms with Gasteiger partial charge in [0.05, 0.1) is 0 Å². The number of amides is 1. The summed E-state index contributed by atoms with van der Waals surface area (Å²) >= 11 is 0. The first-order chi connectivity index (χ1) is 6.59. The van der Waals surface area contributed by atoms with Crippen molar-refractivity contribution in [2.75, 3.05) is 18.6 Å². The summed E-state index contributed by atoms with van der Waals surface area (Å²) in [4.78, 5) is 10.4. The van der Waals surface area contributed by atoms with E-state index in [-0.39, 0.29) is 5.75 Å². The van der Waals surface area contributed by atoms with E-state index in [1.54, 1.807) is 0 Å². The Morgan fingerprint density at radius 2 is 1.73 bits per heavy atom. The molecule has 0 aliphatic carbocycles. The van der Waals surface area contributed by atoms with Crippen molar-refractivity contribution in [1.82, 2.24) is 5.32 Å². The molecule has 15 heavy (non-hydrogen) atoms. The van der Waals surface area contributed by atoms with Crippen LogP contribution in [0.4, 0.5) is 22.0 Å². The van der Waals surface area contributed by atoms with Crippen LogP contribution >= 0.6 is 0 Å². The van der Waals surface area contributed by atoms with Gasteiger partial charge in [0.15, 0.2) is 0 Å². The second-order valence-corrected chi connectivity index (χ2v) is 4.16. The summed E-state index contributed by atoms with van der Waals surface area (Å²) in [6.45, 7) is -0.492. The van der Waals surface area contributed by atoms with Crippen LogP contribution in [0.1, 0.15) is 0 Å². The maximum atomic E-state index is 12.2. The van der Waals surface area contributed by atoms with Gasteiger partial charge in [-0.05, 0) is 0 Å². The zero-order chi connectivity index (χ0) is 12.3. The molecule has 90 valence electrons. The van der Waals surface area contributed by atoms with Gasteiger partial charge in [-0.25, -0.2) is 0 Å². The zero-order valence-corrected chi connectivity index (χ0v) is 8.35. The molecule has 0 aromatic rings. The summed E-state index contributed by atoms with van der Waals surface area (Å²) in [7, 11) is -1.37. The molecule has 0 aliphatic rings. The molecule has 0 aromatic carbocycles. The monoisotopic (exact) mass is 253 g/mol. The maximum absolute atomic E-state index is 12.2. The molecule has 0 spiro atoms. The van der Waals surface area contributed by atoms with E-state index >= 15 is 0 Å². The average molecular weight is 253 g/mol. The molecule has 0 bridgehead atoms. The van der Waals surface area contributed by atoms with E-state index in [0.29, 0.717) is 0 Å². The highest BCUT2D eigenvalue weighted by Gasteiger charge is 2.63. The molecule has 0 radical (unpaired) electrons.